The van der Waals surface area contributed by atoms with E-state index in [1.807, 2.05) is 30.3 Å². The first kappa shape index (κ1) is 12.6. The Morgan fingerprint density at radius 3 is 2.39 bits per heavy atom. The number of hydrogen-bond acceptors (Lipinski definition) is 3. The molecule has 1 aliphatic rings. The number of carbonyl (C=O) groups is 2. The van der Waals surface area contributed by atoms with Crippen molar-refractivity contribution in [1.82, 2.24) is 4.90 Å². The van der Waals surface area contributed by atoms with Gasteiger partial charge >= 0.3 is 11.9 Å². The molecule has 1 aliphatic heterocycles. The predicted molar refractivity (Wildman–Crippen MR) is 66.7 cm³/mol. The minimum atomic E-state index is -0.749. The molecule has 0 aromatic heterocycles. The Labute approximate surface area is 107 Å². The highest BCUT2D eigenvalue weighted by molar-refractivity contribution is 6.32. The lowest BCUT2D eigenvalue weighted by Gasteiger charge is -2.25. The summed E-state index contributed by atoms with van der Waals surface area (Å²) in [6.45, 7) is 1.48. The number of likely N-dealkylation sites (tertiary alicyclic amines) is 1. The first-order valence-corrected chi connectivity index (χ1v) is 6.27. The zero-order valence-corrected chi connectivity index (χ0v) is 10.3. The molecule has 1 saturated heterocycles. The molecule has 0 saturated carbocycles. The Morgan fingerprint density at radius 1 is 1.06 bits per heavy atom. The molecule has 0 spiro atoms. The Kier molecular flexibility index (Phi) is 4.34. The third kappa shape index (κ3) is 3.32. The lowest BCUT2D eigenvalue weighted by atomic mass is 10.1. The van der Waals surface area contributed by atoms with Crippen molar-refractivity contribution < 1.29 is 14.3 Å². The van der Waals surface area contributed by atoms with Crippen LogP contribution in [-0.4, -0.2) is 29.9 Å². The summed E-state index contributed by atoms with van der Waals surface area (Å²) in [6, 6.07) is 9.35. The Balaban J connectivity index is 1.82. The van der Waals surface area contributed by atoms with Crippen LogP contribution >= 0.6 is 0 Å². The van der Waals surface area contributed by atoms with Gasteiger partial charge in [-0.2, -0.15) is 0 Å². The summed E-state index contributed by atoms with van der Waals surface area (Å²) in [5.74, 6) is -1.26. The first-order valence-electron chi connectivity index (χ1n) is 6.27. The van der Waals surface area contributed by atoms with Crippen LogP contribution in [0.2, 0.25) is 0 Å². The van der Waals surface area contributed by atoms with Crippen LogP contribution in [0, 0.1) is 0 Å². The van der Waals surface area contributed by atoms with Gasteiger partial charge in [0.2, 0.25) is 0 Å². The first-order chi connectivity index (χ1) is 8.77. The maximum Gasteiger partial charge on any atom is 0.397 e. The quantitative estimate of drug-likeness (QED) is 0.590. The van der Waals surface area contributed by atoms with Crippen molar-refractivity contribution >= 4 is 11.9 Å². The predicted octanol–water partition coefficient (Wildman–Crippen LogP) is 1.74. The highest BCUT2D eigenvalue weighted by Crippen LogP contribution is 2.09. The summed E-state index contributed by atoms with van der Waals surface area (Å²) in [4.78, 5) is 25.0. The molecular formula is C14H17NO3. The van der Waals surface area contributed by atoms with Gasteiger partial charge in [0.05, 0.1) is 0 Å². The fourth-order valence-corrected chi connectivity index (χ4v) is 2.01. The Morgan fingerprint density at radius 2 is 1.72 bits per heavy atom. The van der Waals surface area contributed by atoms with Gasteiger partial charge in [-0.3, -0.25) is 4.79 Å². The summed E-state index contributed by atoms with van der Waals surface area (Å²) >= 11 is 0. The van der Waals surface area contributed by atoms with Crippen LogP contribution in [-0.2, 0) is 20.9 Å². The summed E-state index contributed by atoms with van der Waals surface area (Å²) in [5.41, 5.74) is 0.886. The van der Waals surface area contributed by atoms with Gasteiger partial charge in [-0.15, -0.1) is 0 Å². The smallest absolute Gasteiger partial charge is 0.397 e. The van der Waals surface area contributed by atoms with Gasteiger partial charge in [0.15, 0.2) is 0 Å². The fourth-order valence-electron chi connectivity index (χ4n) is 2.01. The number of nitrogens with zero attached hydrogens (tertiary/aromatic N) is 1. The number of hydrogen-bond donors (Lipinski definition) is 0. The molecule has 1 fully saturated rings. The van der Waals surface area contributed by atoms with Crippen molar-refractivity contribution in [3.8, 4) is 0 Å². The zero-order chi connectivity index (χ0) is 12.8. The van der Waals surface area contributed by atoms with E-state index in [0.717, 1.165) is 24.8 Å². The molecule has 2 rings (SSSR count). The van der Waals surface area contributed by atoms with Crippen LogP contribution in [0.5, 0.6) is 0 Å². The molecule has 18 heavy (non-hydrogen) atoms. The number of amides is 1. The van der Waals surface area contributed by atoms with Crippen molar-refractivity contribution in [2.24, 2.45) is 0 Å². The fraction of sp³-hybridized carbons (Fsp3) is 0.429. The molecule has 1 heterocycles. The maximum absolute atomic E-state index is 11.8. The normalized spacial score (nSPS) is 15.2. The van der Waals surface area contributed by atoms with Crippen molar-refractivity contribution in [2.45, 2.75) is 25.9 Å². The molecule has 0 unspecified atom stereocenters. The second-order valence-electron chi connectivity index (χ2n) is 4.41. The van der Waals surface area contributed by atoms with E-state index in [9.17, 15) is 9.59 Å². The molecular weight excluding hydrogens is 230 g/mol. The van der Waals surface area contributed by atoms with Gasteiger partial charge in [-0.05, 0) is 24.8 Å². The van der Waals surface area contributed by atoms with E-state index in [-0.39, 0.29) is 6.61 Å². The number of rotatable bonds is 2. The lowest BCUT2D eigenvalue weighted by molar-refractivity contribution is -0.161. The average molecular weight is 247 g/mol. The molecule has 4 nitrogen and oxygen atoms in total. The third-order valence-corrected chi connectivity index (χ3v) is 3.03. The average Bonchev–Trinajstić information content (AvgIpc) is 2.46. The maximum atomic E-state index is 11.8. The van der Waals surface area contributed by atoms with Crippen molar-refractivity contribution in [3.05, 3.63) is 35.9 Å². The van der Waals surface area contributed by atoms with Crippen molar-refractivity contribution in [1.29, 1.82) is 0 Å². The van der Waals surface area contributed by atoms with E-state index in [2.05, 4.69) is 0 Å². The van der Waals surface area contributed by atoms with Crippen LogP contribution in [0.25, 0.3) is 0 Å². The number of piperidine rings is 1. The molecule has 4 heteroatoms. The zero-order valence-electron chi connectivity index (χ0n) is 10.3. The minimum absolute atomic E-state index is 0.152. The second kappa shape index (κ2) is 6.19. The van der Waals surface area contributed by atoms with E-state index in [1.165, 1.54) is 0 Å². The molecule has 1 aromatic rings. The molecule has 1 amide bonds. The van der Waals surface area contributed by atoms with Gasteiger partial charge in [0.25, 0.3) is 0 Å². The van der Waals surface area contributed by atoms with Gasteiger partial charge < -0.3 is 9.64 Å². The number of ether oxygens (including phenoxy) is 1. The minimum Gasteiger partial charge on any atom is -0.454 e. The van der Waals surface area contributed by atoms with Crippen LogP contribution in [0.15, 0.2) is 30.3 Å². The van der Waals surface area contributed by atoms with Crippen LogP contribution < -0.4 is 0 Å². The topological polar surface area (TPSA) is 46.6 Å². The molecule has 0 N–H and O–H groups in total. The summed E-state index contributed by atoms with van der Waals surface area (Å²) in [5, 5.41) is 0. The molecule has 1 aromatic carbocycles. The molecule has 0 atom stereocenters. The summed E-state index contributed by atoms with van der Waals surface area (Å²) in [7, 11) is 0. The van der Waals surface area contributed by atoms with Crippen LogP contribution in [0.1, 0.15) is 24.8 Å². The second-order valence-corrected chi connectivity index (χ2v) is 4.41. The summed E-state index contributed by atoms with van der Waals surface area (Å²) < 4.78 is 5.01. The monoisotopic (exact) mass is 247 g/mol. The molecule has 0 radical (unpaired) electrons. The highest BCUT2D eigenvalue weighted by Gasteiger charge is 2.24. The Hall–Kier alpha value is -1.84. The van der Waals surface area contributed by atoms with E-state index in [1.54, 1.807) is 4.90 Å². The standard InChI is InChI=1S/C14H17NO3/c16-13(15-9-5-2-6-10-15)14(17)18-11-12-7-3-1-4-8-12/h1,3-4,7-8H,2,5-6,9-11H2. The van der Waals surface area contributed by atoms with Crippen LogP contribution in [0.4, 0.5) is 0 Å². The van der Waals surface area contributed by atoms with Gasteiger partial charge in [0.1, 0.15) is 6.61 Å². The summed E-state index contributed by atoms with van der Waals surface area (Å²) in [6.07, 6.45) is 3.07. The largest absolute Gasteiger partial charge is 0.454 e. The Bertz CT molecular complexity index is 410. The lowest BCUT2D eigenvalue weighted by Crippen LogP contribution is -2.40. The molecule has 0 bridgehead atoms. The van der Waals surface area contributed by atoms with E-state index in [4.69, 9.17) is 4.74 Å². The van der Waals surface area contributed by atoms with Gasteiger partial charge in [-0.25, -0.2) is 4.79 Å². The van der Waals surface area contributed by atoms with Gasteiger partial charge in [-0.1, -0.05) is 30.3 Å². The number of carbonyl (C=O) groups excluding carboxylic acids is 2. The third-order valence-electron chi connectivity index (χ3n) is 3.03. The van der Waals surface area contributed by atoms with Crippen molar-refractivity contribution in [2.75, 3.05) is 13.1 Å². The van der Waals surface area contributed by atoms with E-state index in [0.29, 0.717) is 13.1 Å². The van der Waals surface area contributed by atoms with Gasteiger partial charge in [0, 0.05) is 13.1 Å². The van der Waals surface area contributed by atoms with E-state index < -0.39 is 11.9 Å². The number of benzene rings is 1. The molecule has 0 aliphatic carbocycles. The van der Waals surface area contributed by atoms with Crippen LogP contribution in [0.3, 0.4) is 0 Å². The molecule has 96 valence electrons. The van der Waals surface area contributed by atoms with Crippen molar-refractivity contribution in [3.63, 3.8) is 0 Å². The number of esters is 1. The highest BCUT2D eigenvalue weighted by atomic mass is 16.5. The SMILES string of the molecule is O=C(OCc1ccccc1)C(=O)N1CCCCC1. The van der Waals surface area contributed by atoms with E-state index >= 15 is 0 Å².